The number of carbonyl (C=O) groups excluding carboxylic acids is 2. The molecule has 1 amide bonds. The van der Waals surface area contributed by atoms with Crippen LogP contribution in [-0.4, -0.2) is 18.2 Å². The fourth-order valence-electron chi connectivity index (χ4n) is 1.14. The van der Waals surface area contributed by atoms with Gasteiger partial charge in [-0.1, -0.05) is 29.8 Å². The molecular formula is C12H13BrINO2. The monoisotopic (exact) mass is 409 g/mol. The second-order valence-corrected chi connectivity index (χ2v) is 6.01. The van der Waals surface area contributed by atoms with Gasteiger partial charge in [-0.3, -0.25) is 9.59 Å². The van der Waals surface area contributed by atoms with Crippen LogP contribution >= 0.6 is 38.5 Å². The van der Waals surface area contributed by atoms with Crippen molar-refractivity contribution in [3.8, 4) is 0 Å². The molecule has 1 rings (SSSR count). The van der Waals surface area contributed by atoms with Crippen molar-refractivity contribution in [3.63, 3.8) is 0 Å². The molecule has 0 saturated heterocycles. The Kier molecular flexibility index (Phi) is 5.58. The first kappa shape index (κ1) is 14.6. The molecule has 1 aromatic carbocycles. The van der Waals surface area contributed by atoms with E-state index in [1.54, 1.807) is 6.07 Å². The smallest absolute Gasteiger partial charge is 0.252 e. The normalized spacial score (nSPS) is 10.4. The third-order valence-electron chi connectivity index (χ3n) is 2.24. The van der Waals surface area contributed by atoms with Gasteiger partial charge in [0.15, 0.2) is 5.78 Å². The molecule has 0 aliphatic rings. The van der Waals surface area contributed by atoms with Gasteiger partial charge in [-0.15, -0.1) is 0 Å². The van der Waals surface area contributed by atoms with Crippen molar-refractivity contribution in [2.24, 2.45) is 5.92 Å². The first-order valence-electron chi connectivity index (χ1n) is 5.17. The zero-order chi connectivity index (χ0) is 13.0. The summed E-state index contributed by atoms with van der Waals surface area (Å²) in [6.45, 7) is 3.72. The highest BCUT2D eigenvalue weighted by atomic mass is 127. The molecule has 0 bridgehead atoms. The van der Waals surface area contributed by atoms with Crippen molar-refractivity contribution in [1.82, 2.24) is 5.32 Å². The largest absolute Gasteiger partial charge is 0.345 e. The van der Waals surface area contributed by atoms with Crippen LogP contribution in [0, 0.1) is 9.49 Å². The molecule has 1 aromatic rings. The third-order valence-corrected chi connectivity index (χ3v) is 3.67. The topological polar surface area (TPSA) is 46.2 Å². The number of rotatable bonds is 4. The Hall–Kier alpha value is -0.430. The lowest BCUT2D eigenvalue weighted by Crippen LogP contribution is -2.32. The Labute approximate surface area is 123 Å². The predicted octanol–water partition coefficient (Wildman–Crippen LogP) is 3.01. The second-order valence-electron chi connectivity index (χ2n) is 3.93. The molecule has 0 aliphatic carbocycles. The molecule has 1 N–H and O–H groups in total. The summed E-state index contributed by atoms with van der Waals surface area (Å²) in [6, 6.07) is 5.47. The van der Waals surface area contributed by atoms with E-state index in [1.165, 1.54) is 0 Å². The van der Waals surface area contributed by atoms with E-state index < -0.39 is 0 Å². The van der Waals surface area contributed by atoms with Crippen LogP contribution in [0.15, 0.2) is 22.7 Å². The Bertz CT molecular complexity index is 446. The van der Waals surface area contributed by atoms with Gasteiger partial charge in [-0.05, 0) is 40.8 Å². The lowest BCUT2D eigenvalue weighted by Gasteiger charge is -2.08. The molecular weight excluding hydrogens is 397 g/mol. The van der Waals surface area contributed by atoms with Gasteiger partial charge in [-0.25, -0.2) is 0 Å². The maximum Gasteiger partial charge on any atom is 0.252 e. The molecule has 0 heterocycles. The first-order chi connectivity index (χ1) is 7.91. The van der Waals surface area contributed by atoms with Crippen molar-refractivity contribution >= 4 is 50.2 Å². The van der Waals surface area contributed by atoms with Gasteiger partial charge in [0.25, 0.3) is 5.91 Å². The van der Waals surface area contributed by atoms with Crippen LogP contribution in [0.1, 0.15) is 24.2 Å². The van der Waals surface area contributed by atoms with E-state index >= 15 is 0 Å². The van der Waals surface area contributed by atoms with E-state index in [4.69, 9.17) is 0 Å². The number of hydrogen-bond donors (Lipinski definition) is 1. The van der Waals surface area contributed by atoms with Crippen LogP contribution in [0.25, 0.3) is 0 Å². The highest BCUT2D eigenvalue weighted by Gasteiger charge is 2.13. The lowest BCUT2D eigenvalue weighted by atomic mass is 10.1. The van der Waals surface area contributed by atoms with Crippen molar-refractivity contribution in [3.05, 3.63) is 31.8 Å². The van der Waals surface area contributed by atoms with Crippen molar-refractivity contribution in [2.45, 2.75) is 13.8 Å². The van der Waals surface area contributed by atoms with Crippen LogP contribution in [0.3, 0.4) is 0 Å². The summed E-state index contributed by atoms with van der Waals surface area (Å²) in [6.07, 6.45) is 0. The third kappa shape index (κ3) is 4.39. The van der Waals surface area contributed by atoms with Gasteiger partial charge in [0.2, 0.25) is 0 Å². The molecule has 0 spiro atoms. The molecule has 17 heavy (non-hydrogen) atoms. The van der Waals surface area contributed by atoms with Gasteiger partial charge in [0.1, 0.15) is 0 Å². The Morgan fingerprint density at radius 1 is 1.41 bits per heavy atom. The SMILES string of the molecule is CC(C)C(=O)CNC(=O)c1cc(Br)ccc1I. The Morgan fingerprint density at radius 3 is 2.65 bits per heavy atom. The van der Waals surface area contributed by atoms with Crippen LogP contribution in [-0.2, 0) is 4.79 Å². The summed E-state index contributed by atoms with van der Waals surface area (Å²) >= 11 is 5.41. The molecule has 5 heteroatoms. The van der Waals surface area contributed by atoms with Crippen LogP contribution in [0.2, 0.25) is 0 Å². The summed E-state index contributed by atoms with van der Waals surface area (Å²) in [5.41, 5.74) is 0.580. The highest BCUT2D eigenvalue weighted by Crippen LogP contribution is 2.18. The van der Waals surface area contributed by atoms with Crippen molar-refractivity contribution in [2.75, 3.05) is 6.54 Å². The van der Waals surface area contributed by atoms with Gasteiger partial charge in [0.05, 0.1) is 12.1 Å². The molecule has 0 radical (unpaired) electrons. The van der Waals surface area contributed by atoms with Gasteiger partial charge < -0.3 is 5.32 Å². The van der Waals surface area contributed by atoms with Crippen LogP contribution in [0.5, 0.6) is 0 Å². The number of Topliss-reactive ketones (excluding diaryl/α,β-unsaturated/α-hetero) is 1. The number of carbonyl (C=O) groups is 2. The summed E-state index contributed by atoms with van der Waals surface area (Å²) in [7, 11) is 0. The minimum Gasteiger partial charge on any atom is -0.345 e. The summed E-state index contributed by atoms with van der Waals surface area (Å²) in [5.74, 6) is -0.245. The highest BCUT2D eigenvalue weighted by molar-refractivity contribution is 14.1. The number of benzene rings is 1. The lowest BCUT2D eigenvalue weighted by molar-refractivity contribution is -0.120. The van der Waals surface area contributed by atoms with E-state index in [0.29, 0.717) is 5.56 Å². The molecule has 3 nitrogen and oxygen atoms in total. The number of halogens is 2. The molecule has 0 aliphatic heterocycles. The Morgan fingerprint density at radius 2 is 2.06 bits per heavy atom. The maximum atomic E-state index is 11.9. The summed E-state index contributed by atoms with van der Waals surface area (Å²) < 4.78 is 1.71. The zero-order valence-electron chi connectivity index (χ0n) is 9.59. The van der Waals surface area contributed by atoms with Crippen molar-refractivity contribution < 1.29 is 9.59 Å². The van der Waals surface area contributed by atoms with Crippen molar-refractivity contribution in [1.29, 1.82) is 0 Å². The number of amides is 1. The molecule has 0 atom stereocenters. The molecule has 0 aromatic heterocycles. The van der Waals surface area contributed by atoms with E-state index in [9.17, 15) is 9.59 Å². The van der Waals surface area contributed by atoms with E-state index in [1.807, 2.05) is 26.0 Å². The number of hydrogen-bond acceptors (Lipinski definition) is 2. The van der Waals surface area contributed by atoms with Crippen LogP contribution in [0.4, 0.5) is 0 Å². The Balaban J connectivity index is 2.70. The fourth-order valence-corrected chi connectivity index (χ4v) is 2.08. The fraction of sp³-hybridized carbons (Fsp3) is 0.333. The second kappa shape index (κ2) is 6.49. The first-order valence-corrected chi connectivity index (χ1v) is 7.05. The predicted molar refractivity (Wildman–Crippen MR) is 79.0 cm³/mol. The van der Waals surface area contributed by atoms with E-state index in [2.05, 4.69) is 43.8 Å². The van der Waals surface area contributed by atoms with Gasteiger partial charge in [-0.2, -0.15) is 0 Å². The van der Waals surface area contributed by atoms with E-state index in [0.717, 1.165) is 8.04 Å². The average molecular weight is 410 g/mol. The quantitative estimate of drug-likeness (QED) is 0.777. The molecule has 0 unspecified atom stereocenters. The minimum absolute atomic E-state index is 0.0309. The zero-order valence-corrected chi connectivity index (χ0v) is 13.3. The molecule has 92 valence electrons. The molecule has 0 fully saturated rings. The minimum atomic E-state index is -0.218. The summed E-state index contributed by atoms with van der Waals surface area (Å²) in [5, 5.41) is 2.63. The number of ketones is 1. The average Bonchev–Trinajstić information content (AvgIpc) is 2.28. The number of nitrogens with one attached hydrogen (secondary N) is 1. The molecule has 0 saturated carbocycles. The van der Waals surface area contributed by atoms with Gasteiger partial charge in [0, 0.05) is 14.0 Å². The van der Waals surface area contributed by atoms with E-state index in [-0.39, 0.29) is 24.2 Å². The van der Waals surface area contributed by atoms with Crippen LogP contribution < -0.4 is 5.32 Å². The summed E-state index contributed by atoms with van der Waals surface area (Å²) in [4.78, 5) is 23.3. The maximum absolute atomic E-state index is 11.9. The standard InChI is InChI=1S/C12H13BrINO2/c1-7(2)11(16)6-15-12(17)9-5-8(13)3-4-10(9)14/h3-5,7H,6H2,1-2H3,(H,15,17). The van der Waals surface area contributed by atoms with Gasteiger partial charge >= 0.3 is 0 Å².